The maximum atomic E-state index is 6.79. The summed E-state index contributed by atoms with van der Waals surface area (Å²) in [5.41, 5.74) is 12.4. The normalized spacial score (nSPS) is 11.6. The molecular formula is C51H31N3O2. The maximum Gasteiger partial charge on any atom is 0.167 e. The van der Waals surface area contributed by atoms with Crippen molar-refractivity contribution in [2.75, 3.05) is 0 Å². The zero-order chi connectivity index (χ0) is 37.0. The minimum absolute atomic E-state index is 0.541. The number of nitrogens with zero attached hydrogens (tertiary/aromatic N) is 3. The van der Waals surface area contributed by atoms with E-state index in [0.29, 0.717) is 23.1 Å². The highest BCUT2D eigenvalue weighted by Crippen LogP contribution is 2.46. The van der Waals surface area contributed by atoms with E-state index in [9.17, 15) is 0 Å². The molecule has 3 heterocycles. The second-order valence-electron chi connectivity index (χ2n) is 13.9. The van der Waals surface area contributed by atoms with Crippen LogP contribution >= 0.6 is 0 Å². The fourth-order valence-electron chi connectivity index (χ4n) is 7.93. The molecule has 3 aromatic heterocycles. The highest BCUT2D eigenvalue weighted by Gasteiger charge is 2.22. The van der Waals surface area contributed by atoms with Crippen molar-refractivity contribution in [3.63, 3.8) is 0 Å². The average Bonchev–Trinajstić information content (AvgIpc) is 3.86. The molecule has 0 aliphatic carbocycles. The van der Waals surface area contributed by atoms with Crippen molar-refractivity contribution in [2.45, 2.75) is 0 Å². The third kappa shape index (κ3) is 5.29. The van der Waals surface area contributed by atoms with Crippen molar-refractivity contribution in [2.24, 2.45) is 0 Å². The Morgan fingerprint density at radius 3 is 1.52 bits per heavy atom. The van der Waals surface area contributed by atoms with E-state index in [1.165, 1.54) is 0 Å². The topological polar surface area (TPSA) is 65.0 Å². The molecule has 5 heteroatoms. The zero-order valence-electron chi connectivity index (χ0n) is 30.1. The van der Waals surface area contributed by atoms with Gasteiger partial charge in [0, 0.05) is 38.2 Å². The van der Waals surface area contributed by atoms with Crippen LogP contribution in [-0.4, -0.2) is 15.0 Å². The van der Waals surface area contributed by atoms with Crippen LogP contribution in [0, 0.1) is 0 Å². The predicted molar refractivity (Wildman–Crippen MR) is 227 cm³/mol. The van der Waals surface area contributed by atoms with Crippen LogP contribution in [0.2, 0.25) is 0 Å². The van der Waals surface area contributed by atoms with E-state index in [1.807, 2.05) is 72.8 Å². The van der Waals surface area contributed by atoms with Crippen molar-refractivity contribution in [1.29, 1.82) is 0 Å². The minimum Gasteiger partial charge on any atom is -0.455 e. The molecule has 262 valence electrons. The molecule has 0 radical (unpaired) electrons. The number of benzene rings is 8. The van der Waals surface area contributed by atoms with Gasteiger partial charge in [0.1, 0.15) is 22.3 Å². The molecule has 11 rings (SSSR count). The number of fused-ring (bicyclic) bond motifs is 6. The molecule has 0 atom stereocenters. The lowest BCUT2D eigenvalue weighted by atomic mass is 9.93. The van der Waals surface area contributed by atoms with Crippen LogP contribution in [0.25, 0.3) is 111 Å². The average molecular weight is 718 g/mol. The van der Waals surface area contributed by atoms with E-state index in [1.54, 1.807) is 0 Å². The lowest BCUT2D eigenvalue weighted by Crippen LogP contribution is -2.00. The van der Waals surface area contributed by atoms with Gasteiger partial charge in [-0.3, -0.25) is 0 Å². The van der Waals surface area contributed by atoms with Crippen LogP contribution in [0.1, 0.15) is 0 Å². The first-order valence-corrected chi connectivity index (χ1v) is 18.7. The first kappa shape index (κ1) is 31.9. The van der Waals surface area contributed by atoms with Crippen LogP contribution in [-0.2, 0) is 0 Å². The van der Waals surface area contributed by atoms with Crippen LogP contribution in [0.5, 0.6) is 0 Å². The number of rotatable bonds is 6. The molecule has 0 saturated heterocycles. The lowest BCUT2D eigenvalue weighted by molar-refractivity contribution is 0.669. The number of hydrogen-bond donors (Lipinski definition) is 0. The van der Waals surface area contributed by atoms with Crippen LogP contribution in [0.4, 0.5) is 0 Å². The highest BCUT2D eigenvalue weighted by molar-refractivity contribution is 6.21. The standard InChI is InChI=1S/C51H31N3O2/c1-4-14-32(15-5-1)33-26-28-36(29-27-33)50-52-49(35-18-8-3-9-19-35)53-51(54-50)42-23-12-22-41-45-38(21-13-25-44(45)56-47(41)42)39-31-30-37(34-16-6-2-7-17-34)46-40-20-10-11-24-43(40)55-48(39)46/h1-31H. The SMILES string of the molecule is c1ccc(-c2ccc(-c3nc(-c4ccccc4)nc(-c4cccc5c4oc4cccc(-c6ccc(-c7ccccc7)c7c6oc6ccccc67)c45)n3)cc2)cc1. The Labute approximate surface area is 322 Å². The van der Waals surface area contributed by atoms with Crippen LogP contribution in [0.3, 0.4) is 0 Å². The Morgan fingerprint density at radius 1 is 0.268 bits per heavy atom. The molecule has 0 spiro atoms. The molecule has 0 aliphatic heterocycles. The Kier molecular flexibility index (Phi) is 7.42. The van der Waals surface area contributed by atoms with Crippen molar-refractivity contribution in [1.82, 2.24) is 15.0 Å². The first-order valence-electron chi connectivity index (χ1n) is 18.7. The van der Waals surface area contributed by atoms with E-state index in [4.69, 9.17) is 23.8 Å². The second-order valence-corrected chi connectivity index (χ2v) is 13.9. The molecule has 0 amide bonds. The molecule has 0 N–H and O–H groups in total. The van der Waals surface area contributed by atoms with Gasteiger partial charge in [-0.15, -0.1) is 0 Å². The van der Waals surface area contributed by atoms with Gasteiger partial charge in [0.25, 0.3) is 0 Å². The van der Waals surface area contributed by atoms with Crippen molar-refractivity contribution >= 4 is 43.9 Å². The summed E-state index contributed by atoms with van der Waals surface area (Å²) in [6, 6.07) is 64.4. The molecule has 8 aromatic carbocycles. The molecule has 5 nitrogen and oxygen atoms in total. The summed E-state index contributed by atoms with van der Waals surface area (Å²) in [5.74, 6) is 1.73. The third-order valence-electron chi connectivity index (χ3n) is 10.6. The predicted octanol–water partition coefficient (Wildman–Crippen LogP) is 13.7. The van der Waals surface area contributed by atoms with Gasteiger partial charge >= 0.3 is 0 Å². The van der Waals surface area contributed by atoms with Gasteiger partial charge in [-0.2, -0.15) is 0 Å². The van der Waals surface area contributed by atoms with Crippen LogP contribution in [0.15, 0.2) is 197 Å². The summed E-state index contributed by atoms with van der Waals surface area (Å²) >= 11 is 0. The van der Waals surface area contributed by atoms with Gasteiger partial charge in [0.05, 0.1) is 5.56 Å². The number of hydrogen-bond acceptors (Lipinski definition) is 5. The molecule has 0 saturated carbocycles. The Hall–Kier alpha value is -7.63. The van der Waals surface area contributed by atoms with Gasteiger partial charge < -0.3 is 8.83 Å². The van der Waals surface area contributed by atoms with Gasteiger partial charge in [0.15, 0.2) is 17.5 Å². The Bertz CT molecular complexity index is 3220. The summed E-state index contributed by atoms with van der Waals surface area (Å²) < 4.78 is 13.5. The molecule has 0 fully saturated rings. The molecule has 0 unspecified atom stereocenters. The summed E-state index contributed by atoms with van der Waals surface area (Å²) in [5, 5.41) is 4.16. The van der Waals surface area contributed by atoms with E-state index < -0.39 is 0 Å². The second kappa shape index (κ2) is 13.0. The smallest absolute Gasteiger partial charge is 0.167 e. The summed E-state index contributed by atoms with van der Waals surface area (Å²) in [7, 11) is 0. The number of aromatic nitrogens is 3. The largest absolute Gasteiger partial charge is 0.455 e. The van der Waals surface area contributed by atoms with E-state index in [2.05, 4.69) is 115 Å². The summed E-state index contributed by atoms with van der Waals surface area (Å²) in [6.07, 6.45) is 0. The quantitative estimate of drug-likeness (QED) is 0.171. The van der Waals surface area contributed by atoms with Gasteiger partial charge in [0.2, 0.25) is 0 Å². The molecule has 11 aromatic rings. The number of para-hydroxylation sites is 2. The van der Waals surface area contributed by atoms with Crippen molar-refractivity contribution in [3.8, 4) is 67.5 Å². The van der Waals surface area contributed by atoms with Crippen molar-refractivity contribution in [3.05, 3.63) is 188 Å². The lowest BCUT2D eigenvalue weighted by Gasteiger charge is -2.10. The molecular weight excluding hydrogens is 687 g/mol. The summed E-state index contributed by atoms with van der Waals surface area (Å²) in [6.45, 7) is 0. The van der Waals surface area contributed by atoms with Gasteiger partial charge in [-0.05, 0) is 52.1 Å². The van der Waals surface area contributed by atoms with Crippen LogP contribution < -0.4 is 0 Å². The van der Waals surface area contributed by atoms with E-state index in [0.717, 1.165) is 88.4 Å². The Balaban J connectivity index is 1.10. The third-order valence-corrected chi connectivity index (χ3v) is 10.6. The fraction of sp³-hybridized carbons (Fsp3) is 0. The highest BCUT2D eigenvalue weighted by atomic mass is 16.3. The fourth-order valence-corrected chi connectivity index (χ4v) is 7.93. The molecule has 0 bridgehead atoms. The Morgan fingerprint density at radius 2 is 0.768 bits per heavy atom. The van der Waals surface area contributed by atoms with E-state index in [-0.39, 0.29) is 0 Å². The van der Waals surface area contributed by atoms with Gasteiger partial charge in [-0.25, -0.2) is 15.0 Å². The zero-order valence-corrected chi connectivity index (χ0v) is 30.1. The van der Waals surface area contributed by atoms with Crippen molar-refractivity contribution < 1.29 is 8.83 Å². The number of furan rings is 2. The first-order chi connectivity index (χ1) is 27.8. The monoisotopic (exact) mass is 717 g/mol. The maximum absolute atomic E-state index is 6.79. The molecule has 56 heavy (non-hydrogen) atoms. The summed E-state index contributed by atoms with van der Waals surface area (Å²) in [4.78, 5) is 15.2. The minimum atomic E-state index is 0.541. The van der Waals surface area contributed by atoms with Gasteiger partial charge in [-0.1, -0.05) is 164 Å². The van der Waals surface area contributed by atoms with E-state index >= 15 is 0 Å². The molecule has 0 aliphatic rings.